The number of benzene rings is 2. The maximum Gasteiger partial charge on any atom is 0.225 e. The molecule has 1 aromatic heterocycles. The lowest BCUT2D eigenvalue weighted by atomic mass is 10.2. The summed E-state index contributed by atoms with van der Waals surface area (Å²) < 4.78 is 2.37. The summed E-state index contributed by atoms with van der Waals surface area (Å²) in [6, 6.07) is 19.3. The Labute approximate surface area is 209 Å². The number of aliphatic imine (C=N–C) groups is 1. The molecule has 1 fully saturated rings. The highest BCUT2D eigenvalue weighted by molar-refractivity contribution is 8.46. The quantitative estimate of drug-likeness (QED) is 0.432. The van der Waals surface area contributed by atoms with Crippen molar-refractivity contribution >= 4 is 44.8 Å². The lowest BCUT2D eigenvalue weighted by Crippen LogP contribution is -2.25. The Hall–Kier alpha value is -2.54. The van der Waals surface area contributed by atoms with E-state index in [4.69, 9.17) is 4.99 Å². The fourth-order valence-corrected chi connectivity index (χ4v) is 7.79. The van der Waals surface area contributed by atoms with E-state index in [2.05, 4.69) is 86.5 Å². The number of hydrogen-bond donors (Lipinski definition) is 1. The molecule has 1 atom stereocenters. The number of carbonyl (C=O) groups excluding carboxylic acids is 1. The van der Waals surface area contributed by atoms with Gasteiger partial charge in [-0.25, -0.2) is 4.99 Å². The molecule has 3 heterocycles. The molecule has 1 saturated heterocycles. The van der Waals surface area contributed by atoms with Gasteiger partial charge in [0.15, 0.2) is 0 Å². The molecule has 0 bridgehead atoms. The molecule has 0 spiro atoms. The Balaban J connectivity index is 0.00000274. The fraction of sp³-hybridized carbons (Fsp3) is 0.333. The molecule has 34 heavy (non-hydrogen) atoms. The second-order valence-electron chi connectivity index (χ2n) is 8.87. The van der Waals surface area contributed by atoms with Crippen molar-refractivity contribution in [3.05, 3.63) is 77.6 Å². The van der Waals surface area contributed by atoms with Crippen LogP contribution >= 0.6 is 22.4 Å². The largest absolute Gasteiger partial charge is 0.342 e. The fourth-order valence-electron chi connectivity index (χ4n) is 4.76. The molecule has 0 radical (unpaired) electrons. The molecule has 0 aliphatic carbocycles. The second-order valence-corrected chi connectivity index (χ2v) is 11.9. The Morgan fingerprint density at radius 2 is 1.79 bits per heavy atom. The van der Waals surface area contributed by atoms with Crippen molar-refractivity contribution in [3.8, 4) is 0 Å². The number of rotatable bonds is 8. The van der Waals surface area contributed by atoms with Crippen molar-refractivity contribution < 1.29 is 4.79 Å². The van der Waals surface area contributed by atoms with Crippen molar-refractivity contribution in [1.29, 1.82) is 0 Å². The molecular weight excluding hydrogens is 464 g/mol. The molecule has 0 saturated carbocycles. The SMILES string of the molecule is CCC(=O)NC1=CS(CCN2CCCC2)(c2cn(Cc3ccccc3)c3ccccc23)C=N1.Cl. The van der Waals surface area contributed by atoms with Crippen LogP contribution in [0.5, 0.6) is 0 Å². The van der Waals surface area contributed by atoms with Crippen LogP contribution in [0.15, 0.2) is 81.9 Å². The summed E-state index contributed by atoms with van der Waals surface area (Å²) in [5, 5.41) is 6.54. The maximum absolute atomic E-state index is 12.1. The number of hydrogen-bond acceptors (Lipinski definition) is 3. The lowest BCUT2D eigenvalue weighted by molar-refractivity contribution is -0.120. The molecule has 7 heteroatoms. The van der Waals surface area contributed by atoms with Crippen LogP contribution in [0.2, 0.25) is 0 Å². The van der Waals surface area contributed by atoms with E-state index in [9.17, 15) is 4.79 Å². The van der Waals surface area contributed by atoms with E-state index < -0.39 is 10.0 Å². The molecule has 5 rings (SSSR count). The van der Waals surface area contributed by atoms with Crippen LogP contribution in [-0.4, -0.2) is 46.3 Å². The molecule has 3 aromatic rings. The highest BCUT2D eigenvalue weighted by Gasteiger charge is 2.32. The van der Waals surface area contributed by atoms with E-state index in [1.165, 1.54) is 47.3 Å². The van der Waals surface area contributed by atoms with E-state index in [0.29, 0.717) is 12.2 Å². The van der Waals surface area contributed by atoms with E-state index in [1.54, 1.807) is 0 Å². The normalized spacial score (nSPS) is 21.7. The zero-order chi connectivity index (χ0) is 22.7. The third kappa shape index (κ3) is 5.09. The molecule has 1 N–H and O–H groups in total. The summed E-state index contributed by atoms with van der Waals surface area (Å²) in [5.41, 5.74) is 4.68. The zero-order valence-corrected chi connectivity index (χ0v) is 21.3. The van der Waals surface area contributed by atoms with Crippen LogP contribution in [0, 0.1) is 0 Å². The molecule has 180 valence electrons. The first-order valence-corrected chi connectivity index (χ1v) is 13.8. The highest BCUT2D eigenvalue weighted by atomic mass is 35.5. The van der Waals surface area contributed by atoms with Crippen LogP contribution in [0.3, 0.4) is 0 Å². The van der Waals surface area contributed by atoms with Crippen molar-refractivity contribution in [2.24, 2.45) is 4.99 Å². The molecule has 2 aromatic carbocycles. The molecule has 5 nitrogen and oxygen atoms in total. The van der Waals surface area contributed by atoms with Gasteiger partial charge < -0.3 is 14.8 Å². The summed E-state index contributed by atoms with van der Waals surface area (Å²) in [4.78, 5) is 20.7. The number of fused-ring (bicyclic) bond motifs is 1. The predicted molar refractivity (Wildman–Crippen MR) is 146 cm³/mol. The first kappa shape index (κ1) is 24.6. The summed E-state index contributed by atoms with van der Waals surface area (Å²) in [5.74, 6) is 1.75. The van der Waals surface area contributed by atoms with Gasteiger partial charge >= 0.3 is 0 Å². The summed E-state index contributed by atoms with van der Waals surface area (Å²) in [7, 11) is -1.46. The zero-order valence-electron chi connectivity index (χ0n) is 19.7. The topological polar surface area (TPSA) is 49.6 Å². The van der Waals surface area contributed by atoms with Crippen molar-refractivity contribution in [1.82, 2.24) is 14.8 Å². The number of nitrogens with one attached hydrogen (secondary N) is 1. The minimum absolute atomic E-state index is 0. The molecule has 2 aliphatic rings. The van der Waals surface area contributed by atoms with Gasteiger partial charge in [-0.1, -0.05) is 55.5 Å². The predicted octanol–water partition coefficient (Wildman–Crippen LogP) is 5.74. The van der Waals surface area contributed by atoms with Gasteiger partial charge in [-0.3, -0.25) is 4.79 Å². The van der Waals surface area contributed by atoms with Gasteiger partial charge in [-0.15, -0.1) is 12.4 Å². The number of aromatic nitrogens is 1. The summed E-state index contributed by atoms with van der Waals surface area (Å²) in [6.07, 6.45) is 5.38. The maximum atomic E-state index is 12.1. The smallest absolute Gasteiger partial charge is 0.225 e. The average Bonchev–Trinajstić information content (AvgIpc) is 3.59. The van der Waals surface area contributed by atoms with Gasteiger partial charge in [0.2, 0.25) is 5.91 Å². The van der Waals surface area contributed by atoms with Gasteiger partial charge in [-0.2, -0.15) is 10.0 Å². The Bertz CT molecular complexity index is 1200. The molecular formula is C27H33ClN4OS. The van der Waals surface area contributed by atoms with Gasteiger partial charge in [0.25, 0.3) is 0 Å². The van der Waals surface area contributed by atoms with E-state index in [-0.39, 0.29) is 18.3 Å². The first-order chi connectivity index (χ1) is 16.2. The Kier molecular flexibility index (Phi) is 7.81. The van der Waals surface area contributed by atoms with Gasteiger partial charge in [0, 0.05) is 52.7 Å². The monoisotopic (exact) mass is 496 g/mol. The Morgan fingerprint density at radius 1 is 1.06 bits per heavy atom. The van der Waals surface area contributed by atoms with Crippen LogP contribution in [0.1, 0.15) is 31.7 Å². The van der Waals surface area contributed by atoms with Crippen LogP contribution in [-0.2, 0) is 11.3 Å². The van der Waals surface area contributed by atoms with E-state index in [1.807, 2.05) is 6.92 Å². The minimum atomic E-state index is -1.46. The van der Waals surface area contributed by atoms with Crippen molar-refractivity contribution in [2.45, 2.75) is 37.6 Å². The van der Waals surface area contributed by atoms with Gasteiger partial charge in [0.1, 0.15) is 5.82 Å². The highest BCUT2D eigenvalue weighted by Crippen LogP contribution is 2.60. The van der Waals surface area contributed by atoms with Crippen LogP contribution < -0.4 is 5.32 Å². The third-order valence-corrected chi connectivity index (χ3v) is 9.72. The third-order valence-electron chi connectivity index (χ3n) is 6.59. The number of carbonyl (C=O) groups is 1. The first-order valence-electron chi connectivity index (χ1n) is 11.9. The number of para-hydroxylation sites is 1. The van der Waals surface area contributed by atoms with E-state index in [0.717, 1.165) is 18.8 Å². The minimum Gasteiger partial charge on any atom is -0.342 e. The molecule has 2 aliphatic heterocycles. The summed E-state index contributed by atoms with van der Waals surface area (Å²) >= 11 is 0. The van der Waals surface area contributed by atoms with Gasteiger partial charge in [0.05, 0.1) is 5.55 Å². The molecule has 1 amide bonds. The number of amides is 1. The standard InChI is InChI=1S/C27H32N4OS.ClH/c1-2-27(32)29-26-20-33(21-28-26,17-16-30-14-8-9-15-30)25-19-31(18-22-10-4-3-5-11-22)24-13-7-6-12-23(24)25;/h3-7,10-13,19-21H,2,8-9,14-18H2,1H3,(H,29,32);1H. The average molecular weight is 497 g/mol. The number of nitrogens with zero attached hydrogens (tertiary/aromatic N) is 3. The lowest BCUT2D eigenvalue weighted by Gasteiger charge is -2.32. The van der Waals surface area contributed by atoms with Crippen molar-refractivity contribution in [2.75, 3.05) is 25.4 Å². The van der Waals surface area contributed by atoms with Crippen molar-refractivity contribution in [3.63, 3.8) is 0 Å². The number of likely N-dealkylation sites (tertiary alicyclic amines) is 1. The number of halogens is 1. The second kappa shape index (κ2) is 10.8. The summed E-state index contributed by atoms with van der Waals surface area (Å²) in [6.45, 7) is 6.14. The Morgan fingerprint density at radius 3 is 2.56 bits per heavy atom. The van der Waals surface area contributed by atoms with E-state index >= 15 is 0 Å². The van der Waals surface area contributed by atoms with Crippen LogP contribution in [0.25, 0.3) is 10.9 Å². The molecule has 1 unspecified atom stereocenters. The van der Waals surface area contributed by atoms with Crippen LogP contribution in [0.4, 0.5) is 0 Å². The van der Waals surface area contributed by atoms with Gasteiger partial charge in [-0.05, 0) is 37.6 Å².